The van der Waals surface area contributed by atoms with E-state index in [9.17, 15) is 4.79 Å². The number of hydrogen-bond donors (Lipinski definition) is 2. The Morgan fingerprint density at radius 1 is 1.03 bits per heavy atom. The third kappa shape index (κ3) is 9.67. The van der Waals surface area contributed by atoms with E-state index in [0.29, 0.717) is 61.7 Å². The maximum Gasteiger partial charge on any atom is 0.257 e. The van der Waals surface area contributed by atoms with Crippen LogP contribution >= 0.6 is 12.2 Å². The molecule has 0 heterocycles. The molecule has 0 aliphatic carbocycles. The number of carbonyl (C=O) groups excluding carboxylic acids is 1. The smallest absolute Gasteiger partial charge is 0.257 e. The van der Waals surface area contributed by atoms with E-state index >= 15 is 0 Å². The molecule has 0 saturated heterocycles. The Morgan fingerprint density at radius 3 is 2.58 bits per heavy atom. The molecule has 0 radical (unpaired) electrons. The molecule has 2 N–H and O–H groups in total. The molecular formula is C25H34N2O5S. The molecule has 8 heteroatoms. The fraction of sp³-hybridized carbons (Fsp3) is 0.440. The van der Waals surface area contributed by atoms with Gasteiger partial charge < -0.3 is 24.3 Å². The molecule has 33 heavy (non-hydrogen) atoms. The molecule has 0 fully saturated rings. The molecule has 0 atom stereocenters. The van der Waals surface area contributed by atoms with Crippen molar-refractivity contribution in [3.8, 4) is 17.2 Å². The van der Waals surface area contributed by atoms with Crippen LogP contribution in [0.2, 0.25) is 0 Å². The second-order valence-corrected chi connectivity index (χ2v) is 8.13. The molecular weight excluding hydrogens is 440 g/mol. The lowest BCUT2D eigenvalue weighted by molar-refractivity contribution is 0.0975. The molecule has 2 rings (SSSR count). The predicted molar refractivity (Wildman–Crippen MR) is 133 cm³/mol. The van der Waals surface area contributed by atoms with E-state index in [0.717, 1.165) is 12.0 Å². The highest BCUT2D eigenvalue weighted by atomic mass is 32.1. The lowest BCUT2D eigenvalue weighted by Crippen LogP contribution is -2.38. The summed E-state index contributed by atoms with van der Waals surface area (Å²) in [5.41, 5.74) is 1.40. The Kier molecular flexibility index (Phi) is 11.5. The monoisotopic (exact) mass is 474 g/mol. The first-order chi connectivity index (χ1) is 15.9. The zero-order valence-corrected chi connectivity index (χ0v) is 20.6. The maximum absolute atomic E-state index is 12.5. The largest absolute Gasteiger partial charge is 0.493 e. The fourth-order valence-electron chi connectivity index (χ4n) is 2.84. The normalized spacial score (nSPS) is 10.6. The molecule has 0 spiro atoms. The predicted octanol–water partition coefficient (Wildman–Crippen LogP) is 4.34. The van der Waals surface area contributed by atoms with E-state index in [1.54, 1.807) is 31.4 Å². The van der Waals surface area contributed by atoms with E-state index in [4.69, 9.17) is 31.2 Å². The van der Waals surface area contributed by atoms with Crippen molar-refractivity contribution in [2.45, 2.75) is 33.7 Å². The van der Waals surface area contributed by atoms with Crippen molar-refractivity contribution in [2.24, 2.45) is 5.92 Å². The first-order valence-corrected chi connectivity index (χ1v) is 11.5. The summed E-state index contributed by atoms with van der Waals surface area (Å²) in [5, 5.41) is 5.98. The summed E-state index contributed by atoms with van der Waals surface area (Å²) >= 11 is 5.28. The van der Waals surface area contributed by atoms with Crippen LogP contribution in [0.1, 0.15) is 43.1 Å². The van der Waals surface area contributed by atoms with Crippen LogP contribution in [0.3, 0.4) is 0 Å². The summed E-state index contributed by atoms with van der Waals surface area (Å²) in [7, 11) is 1.61. The van der Waals surface area contributed by atoms with Gasteiger partial charge in [0.05, 0.1) is 20.3 Å². The maximum atomic E-state index is 12.5. The Bertz CT molecular complexity index is 904. The molecule has 2 aromatic rings. The van der Waals surface area contributed by atoms with E-state index in [2.05, 4.69) is 24.5 Å². The number of thiocarbonyl (C=S) groups is 1. The number of nitrogens with one attached hydrogen (secondary N) is 2. The van der Waals surface area contributed by atoms with Crippen molar-refractivity contribution in [3.05, 3.63) is 53.6 Å². The topological polar surface area (TPSA) is 78.1 Å². The van der Waals surface area contributed by atoms with Gasteiger partial charge in [0.25, 0.3) is 5.91 Å². The summed E-state index contributed by atoms with van der Waals surface area (Å²) in [6.07, 6.45) is 0.975. The summed E-state index contributed by atoms with van der Waals surface area (Å²) in [6, 6.07) is 12.7. The molecule has 0 aliphatic heterocycles. The molecule has 2 aromatic carbocycles. The van der Waals surface area contributed by atoms with Crippen molar-refractivity contribution < 1.29 is 23.7 Å². The molecule has 1 amide bonds. The number of amides is 1. The van der Waals surface area contributed by atoms with Crippen molar-refractivity contribution in [1.29, 1.82) is 0 Å². The minimum absolute atomic E-state index is 0.235. The van der Waals surface area contributed by atoms with Crippen LogP contribution in [0.25, 0.3) is 0 Å². The van der Waals surface area contributed by atoms with Gasteiger partial charge in [-0.1, -0.05) is 26.0 Å². The quantitative estimate of drug-likeness (QED) is 0.330. The third-order valence-corrected chi connectivity index (χ3v) is 4.90. The van der Waals surface area contributed by atoms with Crippen molar-refractivity contribution in [1.82, 2.24) is 10.6 Å². The number of carbonyl (C=O) groups is 1. The van der Waals surface area contributed by atoms with Gasteiger partial charge in [-0.05, 0) is 67.4 Å². The highest BCUT2D eigenvalue weighted by Gasteiger charge is 2.10. The number of ether oxygens (including phenoxy) is 4. The van der Waals surface area contributed by atoms with Crippen LogP contribution < -0.4 is 24.8 Å². The van der Waals surface area contributed by atoms with Crippen LogP contribution in [-0.2, 0) is 11.3 Å². The van der Waals surface area contributed by atoms with Crippen LogP contribution in [0.15, 0.2) is 42.5 Å². The summed E-state index contributed by atoms with van der Waals surface area (Å²) in [4.78, 5) is 12.5. The van der Waals surface area contributed by atoms with Crippen LogP contribution in [0.4, 0.5) is 0 Å². The van der Waals surface area contributed by atoms with Gasteiger partial charge in [0, 0.05) is 18.7 Å². The summed E-state index contributed by atoms with van der Waals surface area (Å²) in [6.45, 7) is 8.87. The molecule has 0 aliphatic rings. The highest BCUT2D eigenvalue weighted by Crippen LogP contribution is 2.28. The molecule has 0 bridgehead atoms. The van der Waals surface area contributed by atoms with E-state index in [1.807, 2.05) is 25.1 Å². The van der Waals surface area contributed by atoms with Crippen molar-refractivity contribution in [2.75, 3.05) is 33.5 Å². The number of hydrogen-bond acceptors (Lipinski definition) is 6. The van der Waals surface area contributed by atoms with Crippen molar-refractivity contribution in [3.63, 3.8) is 0 Å². The van der Waals surface area contributed by atoms with Crippen LogP contribution in [0.5, 0.6) is 17.2 Å². The van der Waals surface area contributed by atoms with Crippen molar-refractivity contribution >= 4 is 23.2 Å². The highest BCUT2D eigenvalue weighted by molar-refractivity contribution is 7.80. The van der Waals surface area contributed by atoms with E-state index in [1.165, 1.54) is 0 Å². The SMILES string of the molecule is CCOCCOc1cccc(C(=O)NC(=S)NCc2ccc(OCCC(C)C)c(OC)c2)c1. The van der Waals surface area contributed by atoms with Gasteiger partial charge in [0.15, 0.2) is 16.6 Å². The Morgan fingerprint density at radius 2 is 1.85 bits per heavy atom. The average Bonchev–Trinajstić information content (AvgIpc) is 2.81. The minimum Gasteiger partial charge on any atom is -0.493 e. The van der Waals surface area contributed by atoms with Gasteiger partial charge in [0.1, 0.15) is 12.4 Å². The minimum atomic E-state index is -0.311. The average molecular weight is 475 g/mol. The van der Waals surface area contributed by atoms with Crippen LogP contribution in [-0.4, -0.2) is 44.6 Å². The Hall–Kier alpha value is -2.84. The second kappa shape index (κ2) is 14.3. The Labute approximate surface area is 201 Å². The summed E-state index contributed by atoms with van der Waals surface area (Å²) in [5.74, 6) is 2.24. The van der Waals surface area contributed by atoms with E-state index in [-0.39, 0.29) is 11.0 Å². The first-order valence-electron chi connectivity index (χ1n) is 11.1. The standard InChI is InChI=1S/C25H34N2O5S/c1-5-30-13-14-31-21-8-6-7-20(16-21)24(28)27-25(33)26-17-19-9-10-22(23(15-19)29-4)32-12-11-18(2)3/h6-10,15-16,18H,5,11-14,17H2,1-4H3,(H2,26,27,28,33). The number of benzene rings is 2. The first kappa shape index (κ1) is 26.4. The zero-order chi connectivity index (χ0) is 24.1. The lowest BCUT2D eigenvalue weighted by Gasteiger charge is -2.14. The molecule has 0 unspecified atom stereocenters. The molecule has 0 aromatic heterocycles. The van der Waals surface area contributed by atoms with Gasteiger partial charge >= 0.3 is 0 Å². The summed E-state index contributed by atoms with van der Waals surface area (Å²) < 4.78 is 22.1. The third-order valence-electron chi connectivity index (χ3n) is 4.66. The molecule has 0 saturated carbocycles. The lowest BCUT2D eigenvalue weighted by atomic mass is 10.1. The zero-order valence-electron chi connectivity index (χ0n) is 19.8. The molecule has 7 nitrogen and oxygen atoms in total. The Balaban J connectivity index is 1.85. The van der Waals surface area contributed by atoms with Gasteiger partial charge in [-0.3, -0.25) is 10.1 Å². The van der Waals surface area contributed by atoms with Gasteiger partial charge in [-0.2, -0.15) is 0 Å². The van der Waals surface area contributed by atoms with Gasteiger partial charge in [-0.25, -0.2) is 0 Å². The van der Waals surface area contributed by atoms with Gasteiger partial charge in [0.2, 0.25) is 0 Å². The second-order valence-electron chi connectivity index (χ2n) is 7.73. The van der Waals surface area contributed by atoms with E-state index < -0.39 is 0 Å². The van der Waals surface area contributed by atoms with Gasteiger partial charge in [-0.15, -0.1) is 0 Å². The number of rotatable bonds is 13. The number of methoxy groups -OCH3 is 1. The fourth-order valence-corrected chi connectivity index (χ4v) is 3.00. The van der Waals surface area contributed by atoms with Crippen LogP contribution in [0, 0.1) is 5.92 Å². The molecule has 180 valence electrons.